The van der Waals surface area contributed by atoms with Crippen molar-refractivity contribution in [2.45, 2.75) is 16.7 Å². The molecule has 0 aliphatic carbocycles. The van der Waals surface area contributed by atoms with Crippen molar-refractivity contribution in [2.75, 3.05) is 7.11 Å². The summed E-state index contributed by atoms with van der Waals surface area (Å²) in [5.74, 6) is -0.103. The summed E-state index contributed by atoms with van der Waals surface area (Å²) in [4.78, 5) is 31.3. The van der Waals surface area contributed by atoms with E-state index in [0.717, 1.165) is 15.5 Å². The maximum atomic E-state index is 12.5. The third-order valence-electron chi connectivity index (χ3n) is 4.02. The Balaban J connectivity index is 1.62. The summed E-state index contributed by atoms with van der Waals surface area (Å²) in [5.41, 5.74) is 0.947. The normalized spacial score (nSPS) is 11.0. The highest BCUT2D eigenvalue weighted by Crippen LogP contribution is 2.29. The summed E-state index contributed by atoms with van der Waals surface area (Å²) in [5, 5.41) is 3.68. The van der Waals surface area contributed by atoms with E-state index in [-0.39, 0.29) is 11.5 Å². The molecule has 0 N–H and O–H groups in total. The predicted molar refractivity (Wildman–Crippen MR) is 113 cm³/mol. The van der Waals surface area contributed by atoms with Gasteiger partial charge in [-0.15, -0.1) is 0 Å². The molecule has 0 bridgehead atoms. The summed E-state index contributed by atoms with van der Waals surface area (Å²) in [7, 11) is 1.63. The molecular weight excluding hydrogens is 386 g/mol. The second-order valence-corrected chi connectivity index (χ2v) is 7.20. The SMILES string of the molecule is COc1ccc(Sc2ccc(C(=O)/C(C)=N/OC(=O)c3ccccc3)cc2)cc1. The van der Waals surface area contributed by atoms with Gasteiger partial charge in [0, 0.05) is 15.4 Å². The topological polar surface area (TPSA) is 65.0 Å². The molecule has 0 heterocycles. The predicted octanol–water partition coefficient (Wildman–Crippen LogP) is 5.26. The van der Waals surface area contributed by atoms with Crippen LogP contribution in [0.15, 0.2) is 93.8 Å². The van der Waals surface area contributed by atoms with E-state index in [1.165, 1.54) is 6.92 Å². The molecule has 0 atom stereocenters. The van der Waals surface area contributed by atoms with Crippen molar-refractivity contribution in [3.63, 3.8) is 0 Å². The third-order valence-corrected chi connectivity index (χ3v) is 5.03. The van der Waals surface area contributed by atoms with E-state index in [0.29, 0.717) is 11.1 Å². The van der Waals surface area contributed by atoms with Crippen LogP contribution < -0.4 is 4.74 Å². The zero-order valence-electron chi connectivity index (χ0n) is 16.0. The molecule has 5 nitrogen and oxygen atoms in total. The van der Waals surface area contributed by atoms with Gasteiger partial charge in [-0.1, -0.05) is 35.1 Å². The number of rotatable bonds is 7. The van der Waals surface area contributed by atoms with Gasteiger partial charge >= 0.3 is 5.97 Å². The number of nitrogens with zero attached hydrogens (tertiary/aromatic N) is 1. The molecule has 0 radical (unpaired) electrons. The van der Waals surface area contributed by atoms with Crippen molar-refractivity contribution < 1.29 is 19.2 Å². The fourth-order valence-electron chi connectivity index (χ4n) is 2.44. The highest BCUT2D eigenvalue weighted by atomic mass is 32.2. The zero-order chi connectivity index (χ0) is 20.6. The van der Waals surface area contributed by atoms with Gasteiger partial charge < -0.3 is 9.57 Å². The number of methoxy groups -OCH3 is 1. The van der Waals surface area contributed by atoms with Crippen molar-refractivity contribution >= 4 is 29.2 Å². The first-order valence-corrected chi connectivity index (χ1v) is 9.66. The van der Waals surface area contributed by atoms with Crippen molar-refractivity contribution in [2.24, 2.45) is 5.16 Å². The lowest BCUT2D eigenvalue weighted by molar-refractivity contribution is 0.0515. The smallest absolute Gasteiger partial charge is 0.365 e. The Morgan fingerprint density at radius 2 is 1.38 bits per heavy atom. The molecule has 0 aromatic heterocycles. The van der Waals surface area contributed by atoms with Crippen LogP contribution in [-0.4, -0.2) is 24.6 Å². The van der Waals surface area contributed by atoms with Crippen LogP contribution in [0.25, 0.3) is 0 Å². The molecule has 6 heteroatoms. The summed E-state index contributed by atoms with van der Waals surface area (Å²) in [6.45, 7) is 1.51. The molecule has 146 valence electrons. The molecule has 3 aromatic rings. The first-order chi connectivity index (χ1) is 14.1. The Kier molecular flexibility index (Phi) is 6.81. The lowest BCUT2D eigenvalue weighted by Crippen LogP contribution is -2.12. The Morgan fingerprint density at radius 1 is 0.793 bits per heavy atom. The van der Waals surface area contributed by atoms with Crippen LogP contribution in [0.5, 0.6) is 5.75 Å². The molecule has 0 saturated heterocycles. The second-order valence-electron chi connectivity index (χ2n) is 6.05. The van der Waals surface area contributed by atoms with Gasteiger partial charge in [-0.3, -0.25) is 4.79 Å². The Morgan fingerprint density at radius 3 is 1.97 bits per heavy atom. The number of benzene rings is 3. The summed E-state index contributed by atoms with van der Waals surface area (Å²) in [6, 6.07) is 23.4. The van der Waals surface area contributed by atoms with E-state index in [1.807, 2.05) is 36.4 Å². The van der Waals surface area contributed by atoms with Crippen molar-refractivity contribution in [1.29, 1.82) is 0 Å². The quantitative estimate of drug-likeness (QED) is 0.232. The first-order valence-electron chi connectivity index (χ1n) is 8.84. The van der Waals surface area contributed by atoms with E-state index in [1.54, 1.807) is 61.3 Å². The van der Waals surface area contributed by atoms with Gasteiger partial charge in [-0.25, -0.2) is 4.79 Å². The number of ether oxygens (including phenoxy) is 1. The van der Waals surface area contributed by atoms with E-state index >= 15 is 0 Å². The van der Waals surface area contributed by atoms with Crippen LogP contribution in [0.1, 0.15) is 27.6 Å². The van der Waals surface area contributed by atoms with Crippen molar-refractivity contribution in [1.82, 2.24) is 0 Å². The van der Waals surface area contributed by atoms with Crippen LogP contribution >= 0.6 is 11.8 Å². The van der Waals surface area contributed by atoms with Gasteiger partial charge in [0.05, 0.1) is 12.7 Å². The van der Waals surface area contributed by atoms with Gasteiger partial charge in [0.15, 0.2) is 0 Å². The molecule has 29 heavy (non-hydrogen) atoms. The monoisotopic (exact) mass is 405 g/mol. The number of hydrogen-bond acceptors (Lipinski definition) is 6. The van der Waals surface area contributed by atoms with Crippen LogP contribution in [0.3, 0.4) is 0 Å². The maximum Gasteiger partial charge on any atom is 0.365 e. The van der Waals surface area contributed by atoms with Crippen LogP contribution in [0.2, 0.25) is 0 Å². The van der Waals surface area contributed by atoms with Crippen LogP contribution in [0, 0.1) is 0 Å². The molecule has 3 aromatic carbocycles. The van der Waals surface area contributed by atoms with E-state index in [9.17, 15) is 9.59 Å². The van der Waals surface area contributed by atoms with Crippen LogP contribution in [0.4, 0.5) is 0 Å². The van der Waals surface area contributed by atoms with Gasteiger partial charge in [0.2, 0.25) is 5.78 Å². The standard InChI is InChI=1S/C23H19NO4S/c1-16(24-28-23(26)18-6-4-3-5-7-18)22(25)17-8-12-20(13-9-17)29-21-14-10-19(27-2)11-15-21/h3-15H,1-2H3/b24-16+. The molecular formula is C23H19NO4S. The molecule has 0 fully saturated rings. The molecule has 0 saturated carbocycles. The van der Waals surface area contributed by atoms with Gasteiger partial charge in [0.1, 0.15) is 11.5 Å². The maximum absolute atomic E-state index is 12.5. The van der Waals surface area contributed by atoms with E-state index in [2.05, 4.69) is 5.16 Å². The highest BCUT2D eigenvalue weighted by Gasteiger charge is 2.12. The zero-order valence-corrected chi connectivity index (χ0v) is 16.8. The van der Waals surface area contributed by atoms with E-state index < -0.39 is 5.97 Å². The average molecular weight is 405 g/mol. The molecule has 3 rings (SSSR count). The minimum Gasteiger partial charge on any atom is -0.497 e. The molecule has 0 spiro atoms. The number of ketones is 1. The fraction of sp³-hybridized carbons (Fsp3) is 0.0870. The molecule has 0 unspecified atom stereocenters. The Labute approximate surface area is 173 Å². The second kappa shape index (κ2) is 9.71. The number of hydrogen-bond donors (Lipinski definition) is 0. The largest absolute Gasteiger partial charge is 0.497 e. The lowest BCUT2D eigenvalue weighted by Gasteiger charge is -2.05. The first kappa shape index (κ1) is 20.4. The number of Topliss-reactive ketones (excluding diaryl/α,β-unsaturated/α-hetero) is 1. The van der Waals surface area contributed by atoms with Gasteiger partial charge in [-0.05, 0) is 67.6 Å². The number of oxime groups is 1. The number of carbonyl (C=O) groups is 2. The van der Waals surface area contributed by atoms with Gasteiger partial charge in [-0.2, -0.15) is 0 Å². The Hall–Kier alpha value is -3.38. The molecule has 0 aliphatic rings. The fourth-order valence-corrected chi connectivity index (χ4v) is 3.26. The number of carbonyl (C=O) groups excluding carboxylic acids is 2. The summed E-state index contributed by atoms with van der Waals surface area (Å²) in [6.07, 6.45) is 0. The minimum absolute atomic E-state index is 0.102. The lowest BCUT2D eigenvalue weighted by atomic mass is 10.1. The molecule has 0 amide bonds. The summed E-state index contributed by atoms with van der Waals surface area (Å²) >= 11 is 1.58. The summed E-state index contributed by atoms with van der Waals surface area (Å²) < 4.78 is 5.15. The molecule has 0 aliphatic heterocycles. The third kappa shape index (κ3) is 5.56. The average Bonchev–Trinajstić information content (AvgIpc) is 2.78. The highest BCUT2D eigenvalue weighted by molar-refractivity contribution is 7.99. The van der Waals surface area contributed by atoms with Gasteiger partial charge in [0.25, 0.3) is 0 Å². The van der Waals surface area contributed by atoms with Crippen LogP contribution in [-0.2, 0) is 4.84 Å². The van der Waals surface area contributed by atoms with Crippen molar-refractivity contribution in [3.8, 4) is 5.75 Å². The minimum atomic E-state index is -0.607. The van der Waals surface area contributed by atoms with E-state index in [4.69, 9.17) is 9.57 Å². The Bertz CT molecular complexity index is 1010. The van der Waals surface area contributed by atoms with Crippen molar-refractivity contribution in [3.05, 3.63) is 90.0 Å².